The van der Waals surface area contributed by atoms with E-state index in [2.05, 4.69) is 5.32 Å². The molecule has 0 spiro atoms. The van der Waals surface area contributed by atoms with Crippen LogP contribution in [0.3, 0.4) is 0 Å². The number of nitrogens with one attached hydrogen (secondary N) is 1. The van der Waals surface area contributed by atoms with E-state index in [-0.39, 0.29) is 36.7 Å². The second kappa shape index (κ2) is 17.8. The Balaban J connectivity index is 1.25. The molecule has 1 saturated heterocycles. The molecular weight excluding hydrogens is 642 g/mol. The van der Waals surface area contributed by atoms with Crippen LogP contribution < -0.4 is 5.32 Å². The van der Waals surface area contributed by atoms with E-state index in [0.717, 1.165) is 38.3 Å². The summed E-state index contributed by atoms with van der Waals surface area (Å²) in [6, 6.07) is 30.6. The molecule has 1 aliphatic heterocycles. The minimum atomic E-state index is -0.957. The van der Waals surface area contributed by atoms with Crippen LogP contribution in [0.4, 0.5) is 0 Å². The average Bonchev–Trinajstić information content (AvgIpc) is 3.13. The number of aliphatic carboxylic acids is 1. The third kappa shape index (κ3) is 10.5. The van der Waals surface area contributed by atoms with Crippen molar-refractivity contribution in [3.8, 4) is 11.1 Å². The monoisotopic (exact) mass is 683 g/mol. The second-order valence-corrected chi connectivity index (χ2v) is 13.1. The number of aromatic carboxylic acids is 1. The summed E-state index contributed by atoms with van der Waals surface area (Å²) >= 11 is 1.61. The highest BCUT2D eigenvalue weighted by Crippen LogP contribution is 2.40. The Morgan fingerprint density at radius 3 is 2.16 bits per heavy atom. The molecule has 4 aromatic carbocycles. The molecule has 4 aromatic rings. The third-order valence-electron chi connectivity index (χ3n) is 8.43. The molecule has 0 aromatic heterocycles. The van der Waals surface area contributed by atoms with Gasteiger partial charge in [-0.2, -0.15) is 0 Å². The van der Waals surface area contributed by atoms with E-state index in [4.69, 9.17) is 14.6 Å². The van der Waals surface area contributed by atoms with Gasteiger partial charge in [-0.3, -0.25) is 9.59 Å². The molecular formula is C39H41NO8S. The number of unbranched alkanes of at least 4 members (excludes halogenated alkanes) is 2. The van der Waals surface area contributed by atoms with Crippen molar-refractivity contribution in [2.24, 2.45) is 0 Å². The van der Waals surface area contributed by atoms with Crippen LogP contribution in [0.2, 0.25) is 0 Å². The Morgan fingerprint density at radius 2 is 1.47 bits per heavy atom. The van der Waals surface area contributed by atoms with Crippen molar-refractivity contribution in [1.82, 2.24) is 5.32 Å². The quantitative estimate of drug-likeness (QED) is 0.0696. The predicted octanol–water partition coefficient (Wildman–Crippen LogP) is 7.53. The maximum atomic E-state index is 12.4. The van der Waals surface area contributed by atoms with E-state index < -0.39 is 18.2 Å². The zero-order chi connectivity index (χ0) is 34.6. The molecule has 49 heavy (non-hydrogen) atoms. The van der Waals surface area contributed by atoms with Gasteiger partial charge in [0, 0.05) is 42.0 Å². The van der Waals surface area contributed by atoms with Gasteiger partial charge in [0.1, 0.15) is 0 Å². The predicted molar refractivity (Wildman–Crippen MR) is 187 cm³/mol. The number of ether oxygens (including phenoxy) is 2. The number of carbonyl (C=O) groups excluding carboxylic acids is 1. The Hall–Kier alpha value is -4.48. The molecule has 3 atom stereocenters. The first kappa shape index (κ1) is 35.8. The maximum Gasteiger partial charge on any atom is 0.335 e. The van der Waals surface area contributed by atoms with E-state index in [1.54, 1.807) is 23.9 Å². The average molecular weight is 684 g/mol. The Labute approximate surface area is 290 Å². The van der Waals surface area contributed by atoms with Gasteiger partial charge < -0.3 is 30.1 Å². The van der Waals surface area contributed by atoms with Gasteiger partial charge in [0.15, 0.2) is 6.29 Å². The number of aliphatic hydroxyl groups is 1. The third-order valence-corrected chi connectivity index (χ3v) is 9.58. The van der Waals surface area contributed by atoms with Crippen molar-refractivity contribution in [1.29, 1.82) is 0 Å². The molecule has 1 heterocycles. The molecule has 4 N–H and O–H groups in total. The highest BCUT2D eigenvalue weighted by molar-refractivity contribution is 7.99. The zero-order valence-electron chi connectivity index (χ0n) is 27.1. The van der Waals surface area contributed by atoms with E-state index in [9.17, 15) is 24.6 Å². The van der Waals surface area contributed by atoms with Gasteiger partial charge in [-0.05, 0) is 64.9 Å². The van der Waals surface area contributed by atoms with E-state index in [0.29, 0.717) is 44.4 Å². The highest BCUT2D eigenvalue weighted by atomic mass is 32.2. The first-order valence-electron chi connectivity index (χ1n) is 16.4. The summed E-state index contributed by atoms with van der Waals surface area (Å²) in [6.45, 7) is 0.353. The molecule has 5 rings (SSSR count). The Morgan fingerprint density at radius 1 is 0.776 bits per heavy atom. The van der Waals surface area contributed by atoms with Crippen LogP contribution in [-0.2, 0) is 32.2 Å². The van der Waals surface area contributed by atoms with Crippen molar-refractivity contribution in [3.05, 3.63) is 125 Å². The molecule has 0 saturated carbocycles. The first-order valence-corrected chi connectivity index (χ1v) is 17.4. The lowest BCUT2D eigenvalue weighted by Crippen LogP contribution is -2.31. The van der Waals surface area contributed by atoms with Gasteiger partial charge in [-0.1, -0.05) is 79.2 Å². The van der Waals surface area contributed by atoms with Crippen LogP contribution >= 0.6 is 11.8 Å². The molecule has 0 unspecified atom stereocenters. The van der Waals surface area contributed by atoms with Crippen molar-refractivity contribution in [2.45, 2.75) is 75.1 Å². The lowest BCUT2D eigenvalue weighted by molar-refractivity contribution is -0.245. The number of benzene rings is 4. The molecule has 9 nitrogen and oxygen atoms in total. The van der Waals surface area contributed by atoms with Crippen LogP contribution in [0, 0.1) is 0 Å². The summed E-state index contributed by atoms with van der Waals surface area (Å²) in [5.41, 5.74) is 5.93. The van der Waals surface area contributed by atoms with E-state index in [1.165, 1.54) is 0 Å². The van der Waals surface area contributed by atoms with Crippen LogP contribution in [0.5, 0.6) is 0 Å². The Kier molecular flexibility index (Phi) is 13.0. The molecule has 256 valence electrons. The summed E-state index contributed by atoms with van der Waals surface area (Å²) in [5.74, 6) is -1.18. The van der Waals surface area contributed by atoms with E-state index in [1.807, 2.05) is 84.9 Å². The number of hydrogen-bond donors (Lipinski definition) is 4. The summed E-state index contributed by atoms with van der Waals surface area (Å²) in [5, 5.41) is 30.5. The summed E-state index contributed by atoms with van der Waals surface area (Å²) in [4.78, 5) is 35.3. The lowest BCUT2D eigenvalue weighted by Gasteiger charge is -2.36. The minimum absolute atomic E-state index is 0.0322. The number of hydrogen-bond acceptors (Lipinski definition) is 7. The molecule has 10 heteroatoms. The fraction of sp³-hybridized carbons (Fsp3) is 0.308. The van der Waals surface area contributed by atoms with Crippen molar-refractivity contribution in [3.63, 3.8) is 0 Å². The van der Waals surface area contributed by atoms with Crippen LogP contribution in [0.1, 0.15) is 83.5 Å². The fourth-order valence-corrected chi connectivity index (χ4v) is 6.62. The molecule has 0 radical (unpaired) electrons. The SMILES string of the molecule is O=C(O)CCCCCC(=O)NCc1ccccc1-c1ccc([C@H]2O[C@@H](CSc3ccc(C(=O)O)cc3)C[C@@H](c3ccc(CO)cc3)O2)cc1. The summed E-state index contributed by atoms with van der Waals surface area (Å²) in [7, 11) is 0. The van der Waals surface area contributed by atoms with Gasteiger partial charge in [0.25, 0.3) is 0 Å². The van der Waals surface area contributed by atoms with E-state index >= 15 is 0 Å². The molecule has 1 fully saturated rings. The first-order chi connectivity index (χ1) is 23.8. The van der Waals surface area contributed by atoms with Crippen LogP contribution in [0.15, 0.2) is 102 Å². The maximum absolute atomic E-state index is 12.4. The largest absolute Gasteiger partial charge is 0.481 e. The van der Waals surface area contributed by atoms with Crippen molar-refractivity contribution >= 4 is 29.6 Å². The standard InChI is InChI=1S/C39H41NO8S/c41-24-26-10-12-28(13-11-26)35-22-32(25-49-33-20-18-29(19-21-33)38(45)46)47-39(48-35)30-16-14-27(15-17-30)34-7-5-4-6-31(34)23-40-36(42)8-2-1-3-9-37(43)44/h4-7,10-21,32,35,39,41H,1-3,8-9,22-25H2,(H,40,42)(H,43,44)(H,45,46)/t32-,35+,39+/m1/s1. The molecule has 0 bridgehead atoms. The van der Waals surface area contributed by atoms with Gasteiger partial charge in [0.05, 0.1) is 24.4 Å². The lowest BCUT2D eigenvalue weighted by atomic mass is 9.97. The van der Waals surface area contributed by atoms with Crippen molar-refractivity contribution in [2.75, 3.05) is 5.75 Å². The van der Waals surface area contributed by atoms with Gasteiger partial charge in [0.2, 0.25) is 5.91 Å². The topological polar surface area (TPSA) is 142 Å². The number of thioether (sulfide) groups is 1. The number of rotatable bonds is 16. The second-order valence-electron chi connectivity index (χ2n) is 12.0. The van der Waals surface area contributed by atoms with Gasteiger partial charge >= 0.3 is 11.9 Å². The van der Waals surface area contributed by atoms with Crippen LogP contribution in [0.25, 0.3) is 11.1 Å². The Bertz CT molecular complexity index is 1690. The van der Waals surface area contributed by atoms with Crippen molar-refractivity contribution < 1.29 is 39.2 Å². The molecule has 1 amide bonds. The summed E-state index contributed by atoms with van der Waals surface area (Å²) < 4.78 is 13.0. The van der Waals surface area contributed by atoms with Gasteiger partial charge in [-0.15, -0.1) is 11.8 Å². The normalized spacial score (nSPS) is 17.4. The smallest absolute Gasteiger partial charge is 0.335 e. The number of carbonyl (C=O) groups is 3. The number of carboxylic acids is 2. The summed E-state index contributed by atoms with van der Waals surface area (Å²) in [6.07, 6.45) is 2.06. The molecule has 0 aliphatic carbocycles. The minimum Gasteiger partial charge on any atom is -0.481 e. The number of carboxylic acid groups (broad SMARTS) is 2. The number of aliphatic hydroxyl groups excluding tert-OH is 1. The molecule has 1 aliphatic rings. The van der Waals surface area contributed by atoms with Crippen LogP contribution in [-0.4, -0.2) is 45.0 Å². The van der Waals surface area contributed by atoms with Gasteiger partial charge in [-0.25, -0.2) is 4.79 Å². The number of amides is 1. The highest BCUT2D eigenvalue weighted by Gasteiger charge is 2.32. The zero-order valence-corrected chi connectivity index (χ0v) is 27.9. The fourth-order valence-electron chi connectivity index (χ4n) is 5.70.